The van der Waals surface area contributed by atoms with E-state index in [0.717, 1.165) is 31.2 Å². The highest BCUT2D eigenvalue weighted by molar-refractivity contribution is 5.86. The fourth-order valence-electron chi connectivity index (χ4n) is 4.67. The lowest BCUT2D eigenvalue weighted by Gasteiger charge is -2.36. The van der Waals surface area contributed by atoms with Gasteiger partial charge >= 0.3 is 0 Å². The van der Waals surface area contributed by atoms with Crippen LogP contribution < -0.4 is 5.56 Å². The van der Waals surface area contributed by atoms with Crippen LogP contribution in [0.15, 0.2) is 23.0 Å². The lowest BCUT2D eigenvalue weighted by molar-refractivity contribution is -0.142. The summed E-state index contributed by atoms with van der Waals surface area (Å²) in [6, 6.07) is 4.71. The molecule has 1 aromatic heterocycles. The number of piperazine rings is 1. The Kier molecular flexibility index (Phi) is 5.88. The number of aromatic amines is 1. The number of pyridine rings is 1. The number of H-pyrrole nitrogens is 1. The second kappa shape index (κ2) is 8.58. The minimum absolute atomic E-state index is 0.0138. The van der Waals surface area contributed by atoms with Crippen LogP contribution in [0.4, 0.5) is 4.39 Å². The van der Waals surface area contributed by atoms with Crippen molar-refractivity contribution in [1.29, 1.82) is 0 Å². The topological polar surface area (TPSA) is 73.5 Å². The molecular weight excluding hydrogens is 385 g/mol. The number of nitrogens with one attached hydrogen (secondary N) is 1. The summed E-state index contributed by atoms with van der Waals surface area (Å²) in [7, 11) is 0. The van der Waals surface area contributed by atoms with Crippen LogP contribution >= 0.6 is 0 Å². The minimum atomic E-state index is -0.538. The van der Waals surface area contributed by atoms with E-state index in [0.29, 0.717) is 43.7 Å². The van der Waals surface area contributed by atoms with Crippen molar-refractivity contribution in [3.63, 3.8) is 0 Å². The summed E-state index contributed by atoms with van der Waals surface area (Å²) < 4.78 is 14.0. The molecule has 4 rings (SSSR count). The Morgan fingerprint density at radius 2 is 1.77 bits per heavy atom. The Labute approximate surface area is 175 Å². The number of halogens is 1. The molecule has 30 heavy (non-hydrogen) atoms. The summed E-state index contributed by atoms with van der Waals surface area (Å²) >= 11 is 0. The van der Waals surface area contributed by atoms with Crippen LogP contribution in [0.5, 0.6) is 0 Å². The molecule has 160 valence electrons. The molecule has 2 heterocycles. The number of hydrogen-bond donors (Lipinski definition) is 1. The number of fused-ring (bicyclic) bond motifs is 1. The molecule has 7 heteroatoms. The van der Waals surface area contributed by atoms with Gasteiger partial charge in [0.05, 0.1) is 5.39 Å². The summed E-state index contributed by atoms with van der Waals surface area (Å²) in [5.41, 5.74) is 0.993. The fourth-order valence-corrected chi connectivity index (χ4v) is 4.67. The molecule has 1 saturated carbocycles. The predicted molar refractivity (Wildman–Crippen MR) is 113 cm³/mol. The van der Waals surface area contributed by atoms with E-state index < -0.39 is 11.4 Å². The predicted octanol–water partition coefficient (Wildman–Crippen LogP) is 2.77. The summed E-state index contributed by atoms with van der Waals surface area (Å²) in [5.74, 6) is -0.106. The van der Waals surface area contributed by atoms with Gasteiger partial charge in [-0.3, -0.25) is 14.4 Å². The second-order valence-electron chi connectivity index (χ2n) is 8.46. The Bertz CT molecular complexity index is 1020. The number of hydrogen-bond acceptors (Lipinski definition) is 3. The highest BCUT2D eigenvalue weighted by atomic mass is 19.1. The molecular formula is C23H28FN3O3. The van der Waals surface area contributed by atoms with Crippen molar-refractivity contribution in [1.82, 2.24) is 14.8 Å². The molecule has 1 aliphatic heterocycles. The van der Waals surface area contributed by atoms with Gasteiger partial charge in [-0.25, -0.2) is 4.39 Å². The van der Waals surface area contributed by atoms with Gasteiger partial charge in [0.1, 0.15) is 5.82 Å². The number of nitrogens with zero attached hydrogens (tertiary/aromatic N) is 2. The molecule has 1 aromatic carbocycles. The highest BCUT2D eigenvalue weighted by Gasteiger charge is 2.30. The lowest BCUT2D eigenvalue weighted by atomic mass is 10.0. The molecule has 0 spiro atoms. The van der Waals surface area contributed by atoms with Crippen LogP contribution in [-0.4, -0.2) is 52.8 Å². The molecule has 1 aliphatic carbocycles. The van der Waals surface area contributed by atoms with E-state index in [1.165, 1.54) is 6.07 Å². The van der Waals surface area contributed by atoms with Crippen molar-refractivity contribution in [2.75, 3.05) is 26.2 Å². The summed E-state index contributed by atoms with van der Waals surface area (Å²) in [6.07, 6.45) is 4.92. The van der Waals surface area contributed by atoms with Gasteiger partial charge in [0.25, 0.3) is 5.56 Å². The van der Waals surface area contributed by atoms with Gasteiger partial charge in [0.2, 0.25) is 11.8 Å². The number of carbonyl (C=O) groups is 2. The van der Waals surface area contributed by atoms with Crippen molar-refractivity contribution >= 4 is 22.6 Å². The van der Waals surface area contributed by atoms with Gasteiger partial charge in [-0.2, -0.15) is 0 Å². The van der Waals surface area contributed by atoms with Crippen LogP contribution in [0.2, 0.25) is 0 Å². The molecule has 0 atom stereocenters. The third-order valence-corrected chi connectivity index (χ3v) is 6.49. The summed E-state index contributed by atoms with van der Waals surface area (Å²) in [6.45, 7) is 4.12. The van der Waals surface area contributed by atoms with Crippen molar-refractivity contribution in [2.24, 2.45) is 5.92 Å². The van der Waals surface area contributed by atoms with Crippen LogP contribution in [0.25, 0.3) is 10.8 Å². The molecule has 0 unspecified atom stereocenters. The average Bonchev–Trinajstić information content (AvgIpc) is 3.29. The van der Waals surface area contributed by atoms with Gasteiger partial charge in [-0.05, 0) is 49.3 Å². The van der Waals surface area contributed by atoms with Crippen LogP contribution in [0.3, 0.4) is 0 Å². The maximum absolute atomic E-state index is 14.0. The van der Waals surface area contributed by atoms with E-state index in [1.54, 1.807) is 17.0 Å². The first kappa shape index (κ1) is 20.6. The zero-order valence-electron chi connectivity index (χ0n) is 17.4. The fraction of sp³-hybridized carbons (Fsp3) is 0.522. The van der Waals surface area contributed by atoms with E-state index in [4.69, 9.17) is 0 Å². The smallest absolute Gasteiger partial charge is 0.259 e. The SMILES string of the molecule is Cc1ccc(F)c2c(=O)[nH]c(CCC(=O)N3CCN(C(=O)C4CCCC4)CC3)cc12. The Balaban J connectivity index is 1.35. The van der Waals surface area contributed by atoms with E-state index in [9.17, 15) is 18.8 Å². The van der Waals surface area contributed by atoms with Crippen molar-refractivity contribution in [3.05, 3.63) is 45.6 Å². The van der Waals surface area contributed by atoms with E-state index in [2.05, 4.69) is 4.98 Å². The molecule has 2 aliphatic rings. The average molecular weight is 413 g/mol. The monoisotopic (exact) mass is 413 g/mol. The minimum Gasteiger partial charge on any atom is -0.339 e. The van der Waals surface area contributed by atoms with Crippen LogP contribution in [0.1, 0.15) is 43.4 Å². The maximum atomic E-state index is 14.0. The lowest BCUT2D eigenvalue weighted by Crippen LogP contribution is -2.51. The number of carbonyl (C=O) groups excluding carboxylic acids is 2. The van der Waals surface area contributed by atoms with Crippen LogP contribution in [-0.2, 0) is 16.0 Å². The van der Waals surface area contributed by atoms with Gasteiger partial charge in [-0.15, -0.1) is 0 Å². The number of rotatable bonds is 4. The molecule has 2 aromatic rings. The normalized spacial score (nSPS) is 17.7. The summed E-state index contributed by atoms with van der Waals surface area (Å²) in [4.78, 5) is 43.9. The second-order valence-corrected chi connectivity index (χ2v) is 8.46. The number of benzene rings is 1. The standard InChI is InChI=1S/C23H28FN3O3/c1-15-6-8-19(24)21-18(15)14-17(25-22(21)29)7-9-20(28)26-10-12-27(13-11-26)23(30)16-4-2-3-5-16/h6,8,14,16H,2-5,7,9-13H2,1H3,(H,25,29). The first-order chi connectivity index (χ1) is 14.4. The molecule has 6 nitrogen and oxygen atoms in total. The zero-order chi connectivity index (χ0) is 21.3. The van der Waals surface area contributed by atoms with Gasteiger partial charge in [-0.1, -0.05) is 18.9 Å². The molecule has 0 bridgehead atoms. The number of aryl methyl sites for hydroxylation is 2. The van der Waals surface area contributed by atoms with Crippen LogP contribution in [0, 0.1) is 18.7 Å². The molecule has 1 saturated heterocycles. The maximum Gasteiger partial charge on any atom is 0.259 e. The Hall–Kier alpha value is -2.70. The first-order valence-electron chi connectivity index (χ1n) is 10.8. The Morgan fingerprint density at radius 1 is 1.10 bits per heavy atom. The van der Waals surface area contributed by atoms with E-state index in [1.807, 2.05) is 11.8 Å². The first-order valence-corrected chi connectivity index (χ1v) is 10.8. The number of aromatic nitrogens is 1. The number of amides is 2. The van der Waals surface area contributed by atoms with E-state index >= 15 is 0 Å². The third kappa shape index (κ3) is 4.11. The van der Waals surface area contributed by atoms with E-state index in [-0.39, 0.29) is 29.5 Å². The molecule has 2 fully saturated rings. The van der Waals surface area contributed by atoms with Gasteiger partial charge < -0.3 is 14.8 Å². The van der Waals surface area contributed by atoms with Crippen molar-refractivity contribution in [3.8, 4) is 0 Å². The highest BCUT2D eigenvalue weighted by Crippen LogP contribution is 2.27. The van der Waals surface area contributed by atoms with Gasteiger partial charge in [0, 0.05) is 44.2 Å². The van der Waals surface area contributed by atoms with Gasteiger partial charge in [0.15, 0.2) is 0 Å². The van der Waals surface area contributed by atoms with Crippen molar-refractivity contribution in [2.45, 2.75) is 45.4 Å². The molecule has 2 amide bonds. The Morgan fingerprint density at radius 3 is 2.47 bits per heavy atom. The molecule has 1 N–H and O–H groups in total. The largest absolute Gasteiger partial charge is 0.339 e. The summed E-state index contributed by atoms with van der Waals surface area (Å²) in [5, 5.41) is 0.647. The quantitative estimate of drug-likeness (QED) is 0.838. The van der Waals surface area contributed by atoms with Crippen molar-refractivity contribution < 1.29 is 14.0 Å². The zero-order valence-corrected chi connectivity index (χ0v) is 17.4. The third-order valence-electron chi connectivity index (χ3n) is 6.49. The molecule has 0 radical (unpaired) electrons.